The molecule has 6 heteroatoms. The molecule has 62 heavy (non-hydrogen) atoms. The van der Waals surface area contributed by atoms with E-state index in [4.69, 9.17) is 4.74 Å². The zero-order valence-electron chi connectivity index (χ0n) is 41.6. The molecule has 0 spiro atoms. The van der Waals surface area contributed by atoms with Crippen molar-refractivity contribution in [2.75, 3.05) is 13.2 Å². The molecule has 0 rings (SSSR count). The monoisotopic (exact) mass is 874 g/mol. The van der Waals surface area contributed by atoms with Crippen LogP contribution in [0.1, 0.15) is 296 Å². The van der Waals surface area contributed by atoms with E-state index < -0.39 is 12.1 Å². The van der Waals surface area contributed by atoms with Gasteiger partial charge < -0.3 is 20.3 Å². The maximum absolute atomic E-state index is 12.5. The van der Waals surface area contributed by atoms with Crippen LogP contribution in [0.4, 0.5) is 0 Å². The molecule has 0 fully saturated rings. The van der Waals surface area contributed by atoms with Crippen molar-refractivity contribution in [1.82, 2.24) is 5.32 Å². The molecular formula is C56H107NO5. The number of ether oxygens (including phenoxy) is 1. The first-order valence-corrected chi connectivity index (χ1v) is 27.6. The van der Waals surface area contributed by atoms with Crippen molar-refractivity contribution in [3.8, 4) is 0 Å². The van der Waals surface area contributed by atoms with Gasteiger partial charge in [-0.2, -0.15) is 0 Å². The van der Waals surface area contributed by atoms with Crippen LogP contribution in [-0.2, 0) is 14.3 Å². The molecule has 0 bridgehead atoms. The van der Waals surface area contributed by atoms with E-state index in [1.165, 1.54) is 212 Å². The van der Waals surface area contributed by atoms with Gasteiger partial charge in [0.25, 0.3) is 0 Å². The summed E-state index contributed by atoms with van der Waals surface area (Å²) in [7, 11) is 0. The third kappa shape index (κ3) is 47.8. The molecule has 0 saturated heterocycles. The molecule has 366 valence electrons. The molecule has 6 nitrogen and oxygen atoms in total. The Kier molecular flexibility index (Phi) is 50.6. The number of aliphatic hydroxyl groups excluding tert-OH is 2. The molecule has 3 N–H and O–H groups in total. The van der Waals surface area contributed by atoms with Gasteiger partial charge in [0.1, 0.15) is 0 Å². The van der Waals surface area contributed by atoms with Crippen LogP contribution in [0.5, 0.6) is 0 Å². The van der Waals surface area contributed by atoms with Gasteiger partial charge in [-0.1, -0.05) is 250 Å². The minimum atomic E-state index is -0.863. The summed E-state index contributed by atoms with van der Waals surface area (Å²) in [5.41, 5.74) is 0. The van der Waals surface area contributed by atoms with Gasteiger partial charge in [0.15, 0.2) is 0 Å². The average molecular weight is 874 g/mol. The minimum Gasteiger partial charge on any atom is -0.466 e. The SMILES string of the molecule is CCCCCCCCC/C=C\CCCCCCCC(=O)OCCCCCCCCCCCC(=O)NC(CO)C(O)/C=C/CCCCCCCCCCCCCCCCCCCC. The summed E-state index contributed by atoms with van der Waals surface area (Å²) in [5, 5.41) is 23.1. The number of esters is 1. The van der Waals surface area contributed by atoms with Crippen molar-refractivity contribution in [2.45, 2.75) is 309 Å². The van der Waals surface area contributed by atoms with Crippen LogP contribution >= 0.6 is 0 Å². The van der Waals surface area contributed by atoms with Gasteiger partial charge in [0.2, 0.25) is 5.91 Å². The van der Waals surface area contributed by atoms with E-state index in [-0.39, 0.29) is 18.5 Å². The Morgan fingerprint density at radius 3 is 1.15 bits per heavy atom. The van der Waals surface area contributed by atoms with Gasteiger partial charge in [-0.25, -0.2) is 0 Å². The Morgan fingerprint density at radius 1 is 0.435 bits per heavy atom. The Bertz CT molecular complexity index is 966. The van der Waals surface area contributed by atoms with Crippen LogP contribution in [0.15, 0.2) is 24.3 Å². The fraction of sp³-hybridized carbons (Fsp3) is 0.893. The lowest BCUT2D eigenvalue weighted by molar-refractivity contribution is -0.143. The van der Waals surface area contributed by atoms with Crippen LogP contribution in [0, 0.1) is 0 Å². The quantitative estimate of drug-likeness (QED) is 0.0321. The molecule has 0 aliphatic carbocycles. The summed E-state index contributed by atoms with van der Waals surface area (Å²) in [6.45, 7) is 4.85. The summed E-state index contributed by atoms with van der Waals surface area (Å²) >= 11 is 0. The van der Waals surface area contributed by atoms with Crippen LogP contribution in [0.3, 0.4) is 0 Å². The summed E-state index contributed by atoms with van der Waals surface area (Å²) in [5.74, 6) is -0.128. The maximum atomic E-state index is 12.5. The molecule has 0 saturated carbocycles. The van der Waals surface area contributed by atoms with Crippen LogP contribution in [-0.4, -0.2) is 47.4 Å². The third-order valence-electron chi connectivity index (χ3n) is 12.7. The Morgan fingerprint density at radius 2 is 0.758 bits per heavy atom. The van der Waals surface area contributed by atoms with E-state index >= 15 is 0 Å². The second-order valence-electron chi connectivity index (χ2n) is 18.9. The fourth-order valence-corrected chi connectivity index (χ4v) is 8.45. The summed E-state index contributed by atoms with van der Waals surface area (Å²) < 4.78 is 5.45. The Balaban J connectivity index is 3.52. The molecule has 0 aliphatic rings. The number of carbonyl (C=O) groups excluding carboxylic acids is 2. The van der Waals surface area contributed by atoms with Gasteiger partial charge >= 0.3 is 5.97 Å². The number of carbonyl (C=O) groups is 2. The van der Waals surface area contributed by atoms with Crippen molar-refractivity contribution in [2.24, 2.45) is 0 Å². The predicted molar refractivity (Wildman–Crippen MR) is 269 cm³/mol. The molecule has 0 aromatic heterocycles. The summed E-state index contributed by atoms with van der Waals surface area (Å²) in [6.07, 6.45) is 61.8. The minimum absolute atomic E-state index is 0.0342. The standard InChI is InChI=1S/C56H107NO5/c1-3-5-7-9-11-13-15-17-19-21-22-23-24-25-27-29-32-36-40-44-48-54(59)53(52-58)57-55(60)49-45-41-37-33-31-35-39-43-47-51-62-56(61)50-46-42-38-34-30-28-26-20-18-16-14-12-10-8-6-4-2/h20,26,44,48,53-54,58-59H,3-19,21-25,27-43,45-47,49-52H2,1-2H3,(H,57,60)/b26-20-,48-44+. The van der Waals surface area contributed by atoms with Crippen LogP contribution in [0.25, 0.3) is 0 Å². The smallest absolute Gasteiger partial charge is 0.305 e. The first kappa shape index (κ1) is 60.3. The van der Waals surface area contributed by atoms with E-state index in [0.29, 0.717) is 19.4 Å². The van der Waals surface area contributed by atoms with Crippen molar-refractivity contribution in [3.63, 3.8) is 0 Å². The Labute approximate surface area is 386 Å². The predicted octanol–water partition coefficient (Wildman–Crippen LogP) is 16.7. The summed E-state index contributed by atoms with van der Waals surface area (Å²) in [6, 6.07) is -0.649. The van der Waals surface area contributed by atoms with Crippen LogP contribution < -0.4 is 5.32 Å². The molecule has 2 unspecified atom stereocenters. The highest BCUT2D eigenvalue weighted by Crippen LogP contribution is 2.16. The van der Waals surface area contributed by atoms with E-state index in [0.717, 1.165) is 57.8 Å². The molecule has 2 atom stereocenters. The first-order valence-electron chi connectivity index (χ1n) is 27.6. The highest BCUT2D eigenvalue weighted by Gasteiger charge is 2.18. The van der Waals surface area contributed by atoms with E-state index in [2.05, 4.69) is 31.3 Å². The van der Waals surface area contributed by atoms with Crippen molar-refractivity contribution >= 4 is 11.9 Å². The van der Waals surface area contributed by atoms with E-state index in [1.54, 1.807) is 6.08 Å². The molecule has 1 amide bonds. The lowest BCUT2D eigenvalue weighted by Gasteiger charge is -2.20. The number of allylic oxidation sites excluding steroid dienone is 3. The Hall–Kier alpha value is -1.66. The molecule has 0 aromatic rings. The molecular weight excluding hydrogens is 767 g/mol. The number of unbranched alkanes of at least 4 members (excludes halogenated alkanes) is 38. The first-order chi connectivity index (χ1) is 30.5. The number of rotatable bonds is 51. The van der Waals surface area contributed by atoms with Crippen molar-refractivity contribution in [1.29, 1.82) is 0 Å². The highest BCUT2D eigenvalue weighted by molar-refractivity contribution is 5.76. The van der Waals surface area contributed by atoms with Crippen molar-refractivity contribution in [3.05, 3.63) is 24.3 Å². The normalized spacial score (nSPS) is 12.8. The second kappa shape index (κ2) is 52.0. The zero-order chi connectivity index (χ0) is 45.1. The highest BCUT2D eigenvalue weighted by atomic mass is 16.5. The lowest BCUT2D eigenvalue weighted by atomic mass is 10.0. The van der Waals surface area contributed by atoms with Crippen molar-refractivity contribution < 1.29 is 24.5 Å². The van der Waals surface area contributed by atoms with Gasteiger partial charge in [0.05, 0.1) is 25.4 Å². The van der Waals surface area contributed by atoms with Gasteiger partial charge in [-0.3, -0.25) is 9.59 Å². The summed E-state index contributed by atoms with van der Waals surface area (Å²) in [4.78, 5) is 24.5. The average Bonchev–Trinajstić information content (AvgIpc) is 3.27. The number of hydrogen-bond donors (Lipinski definition) is 3. The number of nitrogens with one attached hydrogen (secondary N) is 1. The maximum Gasteiger partial charge on any atom is 0.305 e. The number of amides is 1. The topological polar surface area (TPSA) is 95.9 Å². The second-order valence-corrected chi connectivity index (χ2v) is 18.9. The molecule has 0 aromatic carbocycles. The molecule has 0 heterocycles. The molecule has 0 aliphatic heterocycles. The third-order valence-corrected chi connectivity index (χ3v) is 12.7. The van der Waals surface area contributed by atoms with Crippen LogP contribution in [0.2, 0.25) is 0 Å². The van der Waals surface area contributed by atoms with E-state index in [9.17, 15) is 19.8 Å². The lowest BCUT2D eigenvalue weighted by Crippen LogP contribution is -2.45. The van der Waals surface area contributed by atoms with Gasteiger partial charge in [-0.05, 0) is 57.8 Å². The van der Waals surface area contributed by atoms with Gasteiger partial charge in [0, 0.05) is 12.8 Å². The molecule has 0 radical (unpaired) electrons. The number of aliphatic hydroxyl groups is 2. The zero-order valence-corrected chi connectivity index (χ0v) is 41.6. The van der Waals surface area contributed by atoms with E-state index in [1.807, 2.05) is 6.08 Å². The largest absolute Gasteiger partial charge is 0.466 e. The van der Waals surface area contributed by atoms with Gasteiger partial charge in [-0.15, -0.1) is 0 Å². The fourth-order valence-electron chi connectivity index (χ4n) is 8.45. The number of hydrogen-bond acceptors (Lipinski definition) is 5.